The molecule has 0 saturated heterocycles. The molecule has 8 heteroatoms. The summed E-state index contributed by atoms with van der Waals surface area (Å²) in [5.41, 5.74) is 9.67. The molecule has 0 aliphatic heterocycles. The van der Waals surface area contributed by atoms with Gasteiger partial charge in [0, 0.05) is 11.5 Å². The minimum atomic E-state index is -0.907. The molecule has 1 aromatic rings. The van der Waals surface area contributed by atoms with Crippen LogP contribution < -0.4 is 11.5 Å². The van der Waals surface area contributed by atoms with Gasteiger partial charge >= 0.3 is 0 Å². The number of carbonyl (C=O) groups excluding carboxylic acids is 1. The van der Waals surface area contributed by atoms with Crippen molar-refractivity contribution < 1.29 is 10.0 Å². The van der Waals surface area contributed by atoms with E-state index in [1.807, 2.05) is 0 Å². The normalized spacial score (nSPS) is 11.5. The number of oxime groups is 1. The second-order valence-corrected chi connectivity index (χ2v) is 2.55. The van der Waals surface area contributed by atoms with E-state index in [9.17, 15) is 4.79 Å². The Balaban J connectivity index is 3.04. The molecular weight excluding hydrogens is 182 g/mol. The molecule has 0 aliphatic rings. The van der Waals surface area contributed by atoms with Crippen molar-refractivity contribution in [2.75, 3.05) is 5.73 Å². The number of nitrogens with zero attached hydrogens (tertiary/aromatic N) is 3. The molecule has 1 aromatic heterocycles. The summed E-state index contributed by atoms with van der Waals surface area (Å²) in [5, 5.41) is 11.1. The molecule has 0 fully saturated rings. The summed E-state index contributed by atoms with van der Waals surface area (Å²) in [6.07, 6.45) is 0. The first-order valence-corrected chi connectivity index (χ1v) is 3.54. The molecule has 1 heterocycles. The third kappa shape index (κ3) is 1.48. The van der Waals surface area contributed by atoms with Crippen molar-refractivity contribution in [3.05, 3.63) is 5.82 Å². The van der Waals surface area contributed by atoms with E-state index in [1.54, 1.807) is 0 Å². The van der Waals surface area contributed by atoms with Gasteiger partial charge in [0.1, 0.15) is 0 Å². The smallest absolute Gasteiger partial charge is 0.274 e. The van der Waals surface area contributed by atoms with Gasteiger partial charge in [0.25, 0.3) is 5.91 Å². The van der Waals surface area contributed by atoms with Gasteiger partial charge in [0.05, 0.1) is 0 Å². The van der Waals surface area contributed by atoms with E-state index in [4.69, 9.17) is 16.7 Å². The highest BCUT2D eigenvalue weighted by atomic mass is 32.1. The Hall–Kier alpha value is -1.70. The molecule has 0 aliphatic carbocycles. The molecule has 0 saturated carbocycles. The van der Waals surface area contributed by atoms with Crippen molar-refractivity contribution >= 4 is 28.3 Å². The van der Waals surface area contributed by atoms with Crippen LogP contribution in [0.25, 0.3) is 0 Å². The lowest BCUT2D eigenvalue weighted by molar-refractivity contribution is -0.112. The topological polar surface area (TPSA) is 127 Å². The lowest BCUT2D eigenvalue weighted by atomic mass is 10.3. The number of primary amides is 1. The molecule has 0 bridgehead atoms. The van der Waals surface area contributed by atoms with Gasteiger partial charge in [0.15, 0.2) is 5.13 Å². The first-order valence-electron chi connectivity index (χ1n) is 2.76. The highest BCUT2D eigenvalue weighted by Gasteiger charge is 2.15. The summed E-state index contributed by atoms with van der Waals surface area (Å²) in [6.45, 7) is 0. The Morgan fingerprint density at radius 1 is 1.67 bits per heavy atom. The van der Waals surface area contributed by atoms with Gasteiger partial charge in [-0.1, -0.05) is 5.16 Å². The number of amides is 1. The highest BCUT2D eigenvalue weighted by Crippen LogP contribution is 2.06. The second kappa shape index (κ2) is 3.13. The van der Waals surface area contributed by atoms with E-state index in [1.165, 1.54) is 0 Å². The Kier molecular flexibility index (Phi) is 2.19. The summed E-state index contributed by atoms with van der Waals surface area (Å²) in [7, 11) is 0. The number of nitrogen functional groups attached to an aromatic ring is 1. The number of carbonyl (C=O) groups is 1. The van der Waals surface area contributed by atoms with Crippen molar-refractivity contribution in [1.29, 1.82) is 0 Å². The fraction of sp³-hybridized carbons (Fsp3) is 0. The van der Waals surface area contributed by atoms with Crippen molar-refractivity contribution in [2.24, 2.45) is 10.9 Å². The monoisotopic (exact) mass is 187 g/mol. The van der Waals surface area contributed by atoms with E-state index in [0.29, 0.717) is 0 Å². The van der Waals surface area contributed by atoms with Gasteiger partial charge in [-0.15, -0.1) is 0 Å². The van der Waals surface area contributed by atoms with Crippen LogP contribution in [0.5, 0.6) is 0 Å². The molecule has 0 unspecified atom stereocenters. The number of hydrogen-bond donors (Lipinski definition) is 3. The predicted molar refractivity (Wildman–Crippen MR) is 41.8 cm³/mol. The Morgan fingerprint density at radius 2 is 2.33 bits per heavy atom. The van der Waals surface area contributed by atoms with E-state index >= 15 is 0 Å². The van der Waals surface area contributed by atoms with Crippen molar-refractivity contribution in [1.82, 2.24) is 9.36 Å². The standard InChI is InChI=1S/C4H5N5O2S/c5-2(10)1(8-11)3-7-4(6)12-9-3/h11H,(H2,5,10)(H2,6,7,9). The molecule has 12 heavy (non-hydrogen) atoms. The molecule has 0 spiro atoms. The zero-order valence-electron chi connectivity index (χ0n) is 5.76. The van der Waals surface area contributed by atoms with Gasteiger partial charge in [0.2, 0.25) is 11.5 Å². The molecule has 7 nitrogen and oxygen atoms in total. The minimum Gasteiger partial charge on any atom is -0.410 e. The average Bonchev–Trinajstić information content (AvgIpc) is 2.37. The molecule has 1 rings (SSSR count). The summed E-state index contributed by atoms with van der Waals surface area (Å²) >= 11 is 0.882. The summed E-state index contributed by atoms with van der Waals surface area (Å²) < 4.78 is 3.62. The predicted octanol–water partition coefficient (Wildman–Crippen LogP) is -1.22. The number of hydrogen-bond acceptors (Lipinski definition) is 7. The fourth-order valence-corrected chi connectivity index (χ4v) is 0.970. The van der Waals surface area contributed by atoms with Gasteiger partial charge in [-0.25, -0.2) is 0 Å². The van der Waals surface area contributed by atoms with Crippen LogP contribution in [0.4, 0.5) is 5.13 Å². The molecule has 5 N–H and O–H groups in total. The number of aromatic nitrogens is 2. The Bertz CT molecular complexity index is 332. The molecular formula is C4H5N5O2S. The lowest BCUT2D eigenvalue weighted by Crippen LogP contribution is -2.25. The zero-order chi connectivity index (χ0) is 9.14. The van der Waals surface area contributed by atoms with Crippen molar-refractivity contribution in [2.45, 2.75) is 0 Å². The first-order chi connectivity index (χ1) is 5.65. The number of nitrogens with two attached hydrogens (primary N) is 2. The van der Waals surface area contributed by atoms with Gasteiger partial charge < -0.3 is 16.7 Å². The summed E-state index contributed by atoms with van der Waals surface area (Å²) in [6, 6.07) is 0. The molecule has 64 valence electrons. The maximum atomic E-state index is 10.6. The van der Waals surface area contributed by atoms with Gasteiger partial charge in [-0.05, 0) is 0 Å². The van der Waals surface area contributed by atoms with Crippen LogP contribution >= 0.6 is 11.5 Å². The van der Waals surface area contributed by atoms with E-state index in [0.717, 1.165) is 11.5 Å². The highest BCUT2D eigenvalue weighted by molar-refractivity contribution is 7.09. The number of anilines is 1. The molecule has 0 radical (unpaired) electrons. The van der Waals surface area contributed by atoms with Gasteiger partial charge in [-0.3, -0.25) is 4.79 Å². The largest absolute Gasteiger partial charge is 0.410 e. The Labute approximate surface area is 70.9 Å². The third-order valence-corrected chi connectivity index (χ3v) is 1.53. The quantitative estimate of drug-likeness (QED) is 0.304. The van der Waals surface area contributed by atoms with Crippen LogP contribution in [0, 0.1) is 0 Å². The molecule has 0 aromatic carbocycles. The second-order valence-electron chi connectivity index (χ2n) is 1.77. The fourth-order valence-electron chi connectivity index (χ4n) is 0.536. The van der Waals surface area contributed by atoms with E-state index in [2.05, 4.69) is 14.5 Å². The maximum Gasteiger partial charge on any atom is 0.274 e. The van der Waals surface area contributed by atoms with Crippen LogP contribution in [-0.2, 0) is 4.79 Å². The lowest BCUT2D eigenvalue weighted by Gasteiger charge is -1.90. The summed E-state index contributed by atoms with van der Waals surface area (Å²) in [5.74, 6) is -0.970. The Morgan fingerprint density at radius 3 is 2.67 bits per heavy atom. The van der Waals surface area contributed by atoms with Crippen LogP contribution in [0.15, 0.2) is 5.16 Å². The molecule has 1 amide bonds. The van der Waals surface area contributed by atoms with Crippen molar-refractivity contribution in [3.63, 3.8) is 0 Å². The minimum absolute atomic E-state index is 0.0625. The van der Waals surface area contributed by atoms with Crippen LogP contribution in [0.2, 0.25) is 0 Å². The average molecular weight is 187 g/mol. The van der Waals surface area contributed by atoms with Crippen LogP contribution in [0.3, 0.4) is 0 Å². The van der Waals surface area contributed by atoms with Crippen LogP contribution in [-0.4, -0.2) is 26.2 Å². The maximum absolute atomic E-state index is 10.6. The number of rotatable bonds is 2. The van der Waals surface area contributed by atoms with Crippen LogP contribution in [0.1, 0.15) is 5.82 Å². The zero-order valence-corrected chi connectivity index (χ0v) is 6.58. The SMILES string of the molecule is NC(=O)C(=NO)c1nsc(N)n1. The molecule has 0 atom stereocenters. The summed E-state index contributed by atoms with van der Waals surface area (Å²) in [4.78, 5) is 14.2. The third-order valence-electron chi connectivity index (χ3n) is 0.987. The first kappa shape index (κ1) is 8.40. The van der Waals surface area contributed by atoms with E-state index < -0.39 is 11.6 Å². The van der Waals surface area contributed by atoms with Crippen molar-refractivity contribution in [3.8, 4) is 0 Å². The van der Waals surface area contributed by atoms with E-state index in [-0.39, 0.29) is 11.0 Å². The van der Waals surface area contributed by atoms with Gasteiger partial charge in [-0.2, -0.15) is 9.36 Å².